The minimum atomic E-state index is -1.26. The molecule has 1 aromatic rings. The van der Waals surface area contributed by atoms with Crippen molar-refractivity contribution in [3.05, 3.63) is 41.5 Å². The van der Waals surface area contributed by atoms with E-state index >= 15 is 0 Å². The van der Waals surface area contributed by atoms with Crippen LogP contribution in [0.5, 0.6) is 5.75 Å². The first-order valence-electron chi connectivity index (χ1n) is 5.67. The van der Waals surface area contributed by atoms with Crippen molar-refractivity contribution in [2.75, 3.05) is 0 Å². The molecule has 0 aromatic heterocycles. The number of benzene rings is 1. The van der Waals surface area contributed by atoms with Gasteiger partial charge in [0.05, 0.1) is 0 Å². The zero-order chi connectivity index (χ0) is 15.0. The average Bonchev–Trinajstić information content (AvgIpc) is 2.26. The molecule has 0 bridgehead atoms. The summed E-state index contributed by atoms with van der Waals surface area (Å²) in [7, 11) is 0. The third kappa shape index (κ3) is 7.59. The lowest BCUT2D eigenvalue weighted by atomic mass is 10.0. The number of carboxylic acid groups (broad SMARTS) is 2. The minimum Gasteiger partial charge on any atom is -0.508 e. The van der Waals surface area contributed by atoms with Gasteiger partial charge in [-0.3, -0.25) is 0 Å². The monoisotopic (exact) mass is 266 g/mol. The maximum atomic E-state index is 9.55. The highest BCUT2D eigenvalue weighted by Gasteiger charge is 2.03. The van der Waals surface area contributed by atoms with Gasteiger partial charge in [0.25, 0.3) is 0 Å². The third-order valence-electron chi connectivity index (χ3n) is 2.18. The SMILES string of the molecule is Cc1ccc(C(C)C)c(O)c1.O=C(O)C=CC(=O)O. The molecule has 3 N–H and O–H groups in total. The van der Waals surface area contributed by atoms with Crippen LogP contribution in [0.25, 0.3) is 0 Å². The molecule has 0 saturated heterocycles. The zero-order valence-corrected chi connectivity index (χ0v) is 11.1. The van der Waals surface area contributed by atoms with E-state index in [0.29, 0.717) is 23.8 Å². The van der Waals surface area contributed by atoms with Gasteiger partial charge in [0.1, 0.15) is 5.75 Å². The Morgan fingerprint density at radius 3 is 1.89 bits per heavy atom. The molecular formula is C14H18O5. The smallest absolute Gasteiger partial charge is 0.328 e. The number of aryl methyl sites for hydroxylation is 1. The van der Waals surface area contributed by atoms with Gasteiger partial charge < -0.3 is 15.3 Å². The lowest BCUT2D eigenvalue weighted by Crippen LogP contribution is -1.91. The average molecular weight is 266 g/mol. The van der Waals surface area contributed by atoms with Crippen LogP contribution in [0.15, 0.2) is 30.4 Å². The Morgan fingerprint density at radius 1 is 1.11 bits per heavy atom. The molecule has 5 heteroatoms. The molecule has 0 fully saturated rings. The third-order valence-corrected chi connectivity index (χ3v) is 2.18. The van der Waals surface area contributed by atoms with Gasteiger partial charge in [0.2, 0.25) is 0 Å². The molecule has 0 radical (unpaired) electrons. The van der Waals surface area contributed by atoms with E-state index in [-0.39, 0.29) is 0 Å². The molecule has 0 spiro atoms. The minimum absolute atomic E-state index is 0.399. The summed E-state index contributed by atoms with van der Waals surface area (Å²) in [5.74, 6) is -1.70. The Bertz CT molecular complexity index is 459. The predicted molar refractivity (Wildman–Crippen MR) is 71.3 cm³/mol. The first kappa shape index (κ1) is 16.7. The van der Waals surface area contributed by atoms with Gasteiger partial charge in [0.15, 0.2) is 0 Å². The van der Waals surface area contributed by atoms with Crippen LogP contribution in [0.2, 0.25) is 0 Å². The molecule has 5 nitrogen and oxygen atoms in total. The number of carbonyl (C=O) groups is 2. The molecule has 0 atom stereocenters. The Morgan fingerprint density at radius 2 is 1.58 bits per heavy atom. The maximum Gasteiger partial charge on any atom is 0.328 e. The fraction of sp³-hybridized carbons (Fsp3) is 0.286. The van der Waals surface area contributed by atoms with E-state index in [1.54, 1.807) is 6.07 Å². The molecule has 19 heavy (non-hydrogen) atoms. The van der Waals surface area contributed by atoms with E-state index in [2.05, 4.69) is 13.8 Å². The Labute approximate surface area is 111 Å². The van der Waals surface area contributed by atoms with E-state index in [9.17, 15) is 14.7 Å². The van der Waals surface area contributed by atoms with Crippen LogP contribution in [0, 0.1) is 6.92 Å². The van der Waals surface area contributed by atoms with Crippen LogP contribution in [-0.4, -0.2) is 27.3 Å². The number of rotatable bonds is 3. The molecule has 1 rings (SSSR count). The molecule has 0 aliphatic heterocycles. The first-order valence-corrected chi connectivity index (χ1v) is 5.67. The molecular weight excluding hydrogens is 248 g/mol. The van der Waals surface area contributed by atoms with Gasteiger partial charge in [-0.1, -0.05) is 26.0 Å². The van der Waals surface area contributed by atoms with Gasteiger partial charge in [-0.15, -0.1) is 0 Å². The first-order chi connectivity index (χ1) is 8.73. The number of aliphatic carboxylic acids is 2. The fourth-order valence-corrected chi connectivity index (χ4v) is 1.28. The number of phenolic OH excluding ortho intramolecular Hbond substituents is 1. The van der Waals surface area contributed by atoms with E-state index in [1.165, 1.54) is 0 Å². The van der Waals surface area contributed by atoms with Crippen LogP contribution < -0.4 is 0 Å². The van der Waals surface area contributed by atoms with Crippen molar-refractivity contribution in [3.63, 3.8) is 0 Å². The second-order valence-corrected chi connectivity index (χ2v) is 4.23. The van der Waals surface area contributed by atoms with Gasteiger partial charge in [-0.2, -0.15) is 0 Å². The summed E-state index contributed by atoms with van der Waals surface area (Å²) in [6.45, 7) is 6.12. The summed E-state index contributed by atoms with van der Waals surface area (Å²) in [5, 5.41) is 25.1. The quantitative estimate of drug-likeness (QED) is 0.731. The lowest BCUT2D eigenvalue weighted by molar-refractivity contribution is -0.134. The van der Waals surface area contributed by atoms with Crippen LogP contribution in [0.4, 0.5) is 0 Å². The second kappa shape index (κ2) is 7.92. The largest absolute Gasteiger partial charge is 0.508 e. The lowest BCUT2D eigenvalue weighted by Gasteiger charge is -2.07. The molecule has 1 aromatic carbocycles. The molecule has 0 amide bonds. The summed E-state index contributed by atoms with van der Waals surface area (Å²) < 4.78 is 0. The predicted octanol–water partition coefficient (Wildman–Crippen LogP) is 2.54. The zero-order valence-electron chi connectivity index (χ0n) is 11.1. The van der Waals surface area contributed by atoms with Crippen molar-refractivity contribution < 1.29 is 24.9 Å². The Kier molecular flexibility index (Phi) is 6.96. The summed E-state index contributed by atoms with van der Waals surface area (Å²) in [5.41, 5.74) is 2.13. The van der Waals surface area contributed by atoms with Crippen molar-refractivity contribution >= 4 is 11.9 Å². The number of phenols is 1. The Balaban J connectivity index is 0.000000362. The van der Waals surface area contributed by atoms with Gasteiger partial charge >= 0.3 is 11.9 Å². The summed E-state index contributed by atoms with van der Waals surface area (Å²) in [4.78, 5) is 19.1. The highest BCUT2D eigenvalue weighted by atomic mass is 16.4. The van der Waals surface area contributed by atoms with E-state index < -0.39 is 11.9 Å². The van der Waals surface area contributed by atoms with Crippen molar-refractivity contribution in [3.8, 4) is 5.75 Å². The molecule has 0 unspecified atom stereocenters. The Hall–Kier alpha value is -2.30. The van der Waals surface area contributed by atoms with Crippen LogP contribution in [0.1, 0.15) is 30.9 Å². The maximum absolute atomic E-state index is 9.55. The van der Waals surface area contributed by atoms with Crippen molar-refractivity contribution in [1.29, 1.82) is 0 Å². The number of aromatic hydroxyl groups is 1. The van der Waals surface area contributed by atoms with Crippen LogP contribution in [-0.2, 0) is 9.59 Å². The van der Waals surface area contributed by atoms with Crippen LogP contribution >= 0.6 is 0 Å². The summed E-state index contributed by atoms with van der Waals surface area (Å²) >= 11 is 0. The number of hydrogen-bond acceptors (Lipinski definition) is 3. The standard InChI is InChI=1S/C10H14O.C4H4O4/c1-7(2)9-5-4-8(3)6-10(9)11;5-3(6)1-2-4(7)8/h4-7,11H,1-3H3;1-2H,(H,5,6)(H,7,8). The molecule has 0 aliphatic rings. The second-order valence-electron chi connectivity index (χ2n) is 4.23. The molecule has 0 aliphatic carbocycles. The van der Waals surface area contributed by atoms with Crippen molar-refractivity contribution in [2.24, 2.45) is 0 Å². The topological polar surface area (TPSA) is 94.8 Å². The van der Waals surface area contributed by atoms with Crippen LogP contribution in [0.3, 0.4) is 0 Å². The van der Waals surface area contributed by atoms with E-state index in [4.69, 9.17) is 10.2 Å². The van der Waals surface area contributed by atoms with Crippen molar-refractivity contribution in [2.45, 2.75) is 26.7 Å². The number of carboxylic acids is 2. The van der Waals surface area contributed by atoms with E-state index in [1.807, 2.05) is 19.1 Å². The van der Waals surface area contributed by atoms with Crippen molar-refractivity contribution in [1.82, 2.24) is 0 Å². The van der Waals surface area contributed by atoms with E-state index in [0.717, 1.165) is 11.1 Å². The highest BCUT2D eigenvalue weighted by Crippen LogP contribution is 2.25. The molecule has 0 saturated carbocycles. The summed E-state index contributed by atoms with van der Waals surface area (Å²) in [6.07, 6.45) is 1.12. The van der Waals surface area contributed by atoms with Gasteiger partial charge in [0, 0.05) is 12.2 Å². The van der Waals surface area contributed by atoms with Gasteiger partial charge in [-0.05, 0) is 30.0 Å². The fourth-order valence-electron chi connectivity index (χ4n) is 1.28. The molecule has 104 valence electrons. The van der Waals surface area contributed by atoms with Gasteiger partial charge in [-0.25, -0.2) is 9.59 Å². The summed E-state index contributed by atoms with van der Waals surface area (Å²) in [6, 6.07) is 5.81. The normalized spacial score (nSPS) is 10.1. The molecule has 0 heterocycles. The highest BCUT2D eigenvalue weighted by molar-refractivity contribution is 5.89. The number of hydrogen-bond donors (Lipinski definition) is 3.